The van der Waals surface area contributed by atoms with Crippen LogP contribution in [0.1, 0.15) is 406 Å². The molecule has 6 heteroatoms. The average molecular weight is 1110 g/mol. The van der Waals surface area contributed by atoms with Crippen LogP contribution in [-0.4, -0.2) is 47.4 Å². The van der Waals surface area contributed by atoms with Gasteiger partial charge in [0.15, 0.2) is 0 Å². The highest BCUT2D eigenvalue weighted by Gasteiger charge is 2.20. The molecule has 0 aliphatic carbocycles. The van der Waals surface area contributed by atoms with Gasteiger partial charge in [0.25, 0.3) is 0 Å². The Morgan fingerprint density at radius 3 is 0.962 bits per heavy atom. The van der Waals surface area contributed by atoms with Crippen molar-refractivity contribution < 1.29 is 24.5 Å². The number of hydrogen-bond acceptors (Lipinski definition) is 5. The van der Waals surface area contributed by atoms with Crippen molar-refractivity contribution in [2.24, 2.45) is 0 Å². The first-order chi connectivity index (χ1) is 39.0. The summed E-state index contributed by atoms with van der Waals surface area (Å²) in [5.41, 5.74) is 0. The van der Waals surface area contributed by atoms with Crippen molar-refractivity contribution in [2.75, 3.05) is 13.2 Å². The summed E-state index contributed by atoms with van der Waals surface area (Å²) < 4.78 is 5.50. The molecule has 0 aromatic heterocycles. The van der Waals surface area contributed by atoms with Gasteiger partial charge in [-0.25, -0.2) is 0 Å². The molecule has 3 N–H and O–H groups in total. The SMILES string of the molecule is CCCCCCCCCCCCCCCCC(=O)OCCCCCCCCCCCCCCCCC/C=C\C/C=C\CCCCCCCCCCCCCCCCCCCC(=O)NC(CO)C(O)CCCCCCCCCCC. The minimum atomic E-state index is -0.659. The van der Waals surface area contributed by atoms with Crippen molar-refractivity contribution in [1.82, 2.24) is 5.32 Å². The van der Waals surface area contributed by atoms with Crippen LogP contribution in [0.2, 0.25) is 0 Å². The van der Waals surface area contributed by atoms with Gasteiger partial charge < -0.3 is 20.3 Å². The summed E-state index contributed by atoms with van der Waals surface area (Å²) in [6, 6.07) is -0.536. The van der Waals surface area contributed by atoms with E-state index in [-0.39, 0.29) is 18.5 Å². The zero-order valence-electron chi connectivity index (χ0n) is 53.6. The quantitative estimate of drug-likeness (QED) is 0.0320. The second-order valence-corrected chi connectivity index (χ2v) is 24.9. The Hall–Kier alpha value is -1.66. The molecule has 0 radical (unpaired) electrons. The van der Waals surface area contributed by atoms with Crippen LogP contribution < -0.4 is 5.32 Å². The van der Waals surface area contributed by atoms with Crippen molar-refractivity contribution in [3.8, 4) is 0 Å². The highest BCUT2D eigenvalue weighted by atomic mass is 16.5. The molecule has 2 atom stereocenters. The smallest absolute Gasteiger partial charge is 0.305 e. The molecule has 0 aromatic carbocycles. The minimum Gasteiger partial charge on any atom is -0.466 e. The minimum absolute atomic E-state index is 0.0231. The van der Waals surface area contributed by atoms with Crippen LogP contribution in [0.3, 0.4) is 0 Å². The summed E-state index contributed by atoms with van der Waals surface area (Å²) in [7, 11) is 0. The maximum Gasteiger partial charge on any atom is 0.305 e. The number of unbranched alkanes of at least 4 members (excludes halogenated alkanes) is 53. The van der Waals surface area contributed by atoms with Gasteiger partial charge in [-0.05, 0) is 57.8 Å². The lowest BCUT2D eigenvalue weighted by Gasteiger charge is -2.22. The molecule has 0 bridgehead atoms. The predicted octanol–water partition coefficient (Wildman–Crippen LogP) is 23.3. The lowest BCUT2D eigenvalue weighted by Crippen LogP contribution is -2.45. The Balaban J connectivity index is 3.31. The van der Waals surface area contributed by atoms with E-state index in [0.29, 0.717) is 25.9 Å². The summed E-state index contributed by atoms with van der Waals surface area (Å²) >= 11 is 0. The van der Waals surface area contributed by atoms with Crippen LogP contribution in [-0.2, 0) is 14.3 Å². The summed E-state index contributed by atoms with van der Waals surface area (Å²) in [6.07, 6.45) is 86.9. The number of rotatable bonds is 68. The summed E-state index contributed by atoms with van der Waals surface area (Å²) in [4.78, 5) is 24.5. The molecule has 0 spiro atoms. The number of nitrogens with one attached hydrogen (secondary N) is 1. The number of allylic oxidation sites excluding steroid dienone is 4. The van der Waals surface area contributed by atoms with Gasteiger partial charge in [-0.1, -0.05) is 359 Å². The lowest BCUT2D eigenvalue weighted by atomic mass is 10.0. The fraction of sp³-hybridized carbons (Fsp3) is 0.918. The van der Waals surface area contributed by atoms with E-state index >= 15 is 0 Å². The first-order valence-electron chi connectivity index (χ1n) is 36.1. The molecular weight excluding hydrogens is 971 g/mol. The standard InChI is InChI=1S/C73H141NO5/c1-3-5-7-9-11-13-14-15-44-47-51-55-59-63-67-73(78)79-68-64-60-56-52-48-45-42-40-38-36-34-32-30-28-26-24-22-20-18-16-17-19-21-23-25-27-29-31-33-35-37-39-41-43-46-50-54-58-62-66-72(77)74-70(69-75)71(76)65-61-57-53-49-12-10-8-6-4-2/h16-17,20,22,70-71,75-76H,3-15,18-19,21,23-69H2,1-2H3,(H,74,77)/b17-16-,22-20-. The monoisotopic (exact) mass is 1110 g/mol. The molecule has 0 rings (SSSR count). The van der Waals surface area contributed by atoms with Gasteiger partial charge in [0.05, 0.1) is 25.4 Å². The predicted molar refractivity (Wildman–Crippen MR) is 347 cm³/mol. The van der Waals surface area contributed by atoms with Crippen LogP contribution in [0.5, 0.6) is 0 Å². The van der Waals surface area contributed by atoms with Gasteiger partial charge in [-0.3, -0.25) is 9.59 Å². The van der Waals surface area contributed by atoms with E-state index < -0.39 is 12.1 Å². The highest BCUT2D eigenvalue weighted by molar-refractivity contribution is 5.76. The molecule has 0 aliphatic heterocycles. The number of ether oxygens (including phenoxy) is 1. The van der Waals surface area contributed by atoms with Gasteiger partial charge in [0.1, 0.15) is 0 Å². The summed E-state index contributed by atoms with van der Waals surface area (Å²) in [6.45, 7) is 4.97. The topological polar surface area (TPSA) is 95.9 Å². The first kappa shape index (κ1) is 77.3. The number of esters is 1. The van der Waals surface area contributed by atoms with E-state index in [1.165, 1.54) is 327 Å². The van der Waals surface area contributed by atoms with E-state index in [0.717, 1.165) is 44.9 Å². The van der Waals surface area contributed by atoms with Gasteiger partial charge in [-0.15, -0.1) is 0 Å². The van der Waals surface area contributed by atoms with E-state index in [1.54, 1.807) is 0 Å². The molecule has 0 saturated carbocycles. The number of carbonyl (C=O) groups is 2. The third-order valence-electron chi connectivity index (χ3n) is 17.0. The third kappa shape index (κ3) is 65.4. The molecule has 0 saturated heterocycles. The number of aliphatic hydroxyl groups excluding tert-OH is 2. The number of amides is 1. The fourth-order valence-electron chi connectivity index (χ4n) is 11.5. The third-order valence-corrected chi connectivity index (χ3v) is 17.0. The molecule has 2 unspecified atom stereocenters. The van der Waals surface area contributed by atoms with E-state index in [9.17, 15) is 19.8 Å². The second-order valence-electron chi connectivity index (χ2n) is 24.9. The number of aliphatic hydroxyl groups is 2. The molecule has 79 heavy (non-hydrogen) atoms. The van der Waals surface area contributed by atoms with Crippen LogP contribution in [0, 0.1) is 0 Å². The maximum atomic E-state index is 12.4. The van der Waals surface area contributed by atoms with Gasteiger partial charge in [-0.2, -0.15) is 0 Å². The maximum absolute atomic E-state index is 12.4. The van der Waals surface area contributed by atoms with Gasteiger partial charge in [0, 0.05) is 12.8 Å². The molecule has 1 amide bonds. The highest BCUT2D eigenvalue weighted by Crippen LogP contribution is 2.19. The zero-order valence-corrected chi connectivity index (χ0v) is 53.6. The van der Waals surface area contributed by atoms with Crippen LogP contribution in [0.4, 0.5) is 0 Å². The Labute approximate surface area is 494 Å². The Bertz CT molecular complexity index is 1230. The molecule has 0 heterocycles. The second kappa shape index (κ2) is 68.8. The normalized spacial score (nSPS) is 12.6. The fourth-order valence-corrected chi connectivity index (χ4v) is 11.5. The molecule has 0 aliphatic rings. The molecule has 468 valence electrons. The van der Waals surface area contributed by atoms with Crippen LogP contribution >= 0.6 is 0 Å². The van der Waals surface area contributed by atoms with Gasteiger partial charge in [0.2, 0.25) is 5.91 Å². The number of hydrogen-bond donors (Lipinski definition) is 3. The van der Waals surface area contributed by atoms with Crippen molar-refractivity contribution in [1.29, 1.82) is 0 Å². The van der Waals surface area contributed by atoms with Gasteiger partial charge >= 0.3 is 5.97 Å². The summed E-state index contributed by atoms with van der Waals surface area (Å²) in [5.74, 6) is -0.00938. The molecule has 6 nitrogen and oxygen atoms in total. The lowest BCUT2D eigenvalue weighted by molar-refractivity contribution is -0.143. The van der Waals surface area contributed by atoms with Crippen molar-refractivity contribution in [3.63, 3.8) is 0 Å². The largest absolute Gasteiger partial charge is 0.466 e. The van der Waals surface area contributed by atoms with Crippen LogP contribution in [0.25, 0.3) is 0 Å². The van der Waals surface area contributed by atoms with Crippen molar-refractivity contribution >= 4 is 11.9 Å². The van der Waals surface area contributed by atoms with Crippen molar-refractivity contribution in [3.05, 3.63) is 24.3 Å². The number of carbonyl (C=O) groups excluding carboxylic acids is 2. The Morgan fingerprint density at radius 2 is 0.633 bits per heavy atom. The molecule has 0 aromatic rings. The molecular formula is C73H141NO5. The van der Waals surface area contributed by atoms with E-state index in [4.69, 9.17) is 4.74 Å². The van der Waals surface area contributed by atoms with E-state index in [1.807, 2.05) is 0 Å². The summed E-state index contributed by atoms with van der Waals surface area (Å²) in [5, 5.41) is 23.1. The Kier molecular flexibility index (Phi) is 67.4. The zero-order chi connectivity index (χ0) is 57.1. The van der Waals surface area contributed by atoms with Crippen molar-refractivity contribution in [2.45, 2.75) is 418 Å². The first-order valence-corrected chi connectivity index (χ1v) is 36.1. The molecule has 0 fully saturated rings. The van der Waals surface area contributed by atoms with E-state index in [2.05, 4.69) is 43.5 Å². The average Bonchev–Trinajstić information content (AvgIpc) is 3.45. The van der Waals surface area contributed by atoms with Crippen LogP contribution in [0.15, 0.2) is 24.3 Å². The Morgan fingerprint density at radius 1 is 0.354 bits per heavy atom.